The molecule has 0 aromatic rings. The van der Waals surface area contributed by atoms with Crippen LogP contribution < -0.4 is 30.3 Å². The Labute approximate surface area is 107 Å². The van der Waals surface area contributed by atoms with Crippen LogP contribution in [0.25, 0.3) is 0 Å². The van der Waals surface area contributed by atoms with E-state index in [9.17, 15) is 9.59 Å². The van der Waals surface area contributed by atoms with Crippen LogP contribution in [0.3, 0.4) is 0 Å². The van der Waals surface area contributed by atoms with Crippen molar-refractivity contribution in [3.05, 3.63) is 0 Å². The van der Waals surface area contributed by atoms with Crippen molar-refractivity contribution in [1.29, 1.82) is 0 Å². The second-order valence-corrected chi connectivity index (χ2v) is 17.0. The third-order valence-corrected chi connectivity index (χ3v) is 6.61. The van der Waals surface area contributed by atoms with Gasteiger partial charge in [0.25, 0.3) is 0 Å². The molecule has 0 unspecified atom stereocenters. The predicted molar refractivity (Wildman–Crippen MR) is 55.2 cm³/mol. The van der Waals surface area contributed by atoms with Crippen LogP contribution in [-0.2, 0) is 0 Å². The summed E-state index contributed by atoms with van der Waals surface area (Å²) in [5, 5.41) is 0. The maximum absolute atomic E-state index is 10.0. The fourth-order valence-electron chi connectivity index (χ4n) is 0. The topological polar surface area (TPSA) is 86.2 Å². The minimum atomic E-state index is -1.56. The molecule has 0 atom stereocenters. The summed E-state index contributed by atoms with van der Waals surface area (Å²) >= 11 is -3.12. The average molecular weight is 394 g/mol. The van der Waals surface area contributed by atoms with E-state index in [4.69, 9.17) is 11.5 Å². The first kappa shape index (κ1) is 19.7. The van der Waals surface area contributed by atoms with E-state index in [0.717, 1.165) is 0 Å². The van der Waals surface area contributed by atoms with E-state index in [1.807, 2.05) is 19.8 Å². The van der Waals surface area contributed by atoms with Crippen LogP contribution >= 0.6 is 0 Å². The molecule has 0 heterocycles. The molecule has 4 N–H and O–H groups in total. The monoisotopic (exact) mass is 396 g/mol. The van der Waals surface area contributed by atoms with Crippen molar-refractivity contribution in [3.63, 3.8) is 0 Å². The molecule has 0 saturated carbocycles. The summed E-state index contributed by atoms with van der Waals surface area (Å²) in [5.41, 5.74) is 9.77. The Morgan fingerprint density at radius 2 is 1.00 bits per heavy atom. The quantitative estimate of drug-likeness (QED) is 0.528. The minimum absolute atomic E-state index is 0. The van der Waals surface area contributed by atoms with Crippen LogP contribution in [0, 0.1) is 0 Å². The normalized spacial score (nSPS) is 8.46. The molecule has 0 aliphatic carbocycles. The zero-order chi connectivity index (χ0) is 10.3. The van der Waals surface area contributed by atoms with Gasteiger partial charge in [0.2, 0.25) is 0 Å². The molecular formula is C6H17LiN2O2Sn2. The van der Waals surface area contributed by atoms with Gasteiger partial charge in [0.1, 0.15) is 0 Å². The van der Waals surface area contributed by atoms with E-state index >= 15 is 0 Å². The number of hydrogen-bond acceptors (Lipinski definition) is 2. The summed E-state index contributed by atoms with van der Waals surface area (Å²) in [6.45, 7) is 0. The van der Waals surface area contributed by atoms with Crippen LogP contribution in [0.5, 0.6) is 0 Å². The van der Waals surface area contributed by atoms with Crippen LogP contribution in [-0.4, -0.2) is 47.4 Å². The van der Waals surface area contributed by atoms with E-state index in [1.54, 1.807) is 0 Å². The number of rotatable bonds is 2. The average Bonchev–Trinajstić information content (AvgIpc) is 1.88. The molecule has 0 rings (SSSR count). The van der Waals surface area contributed by atoms with Gasteiger partial charge in [-0.1, -0.05) is 0 Å². The predicted octanol–water partition coefficient (Wildman–Crippen LogP) is -2.08. The minimum Gasteiger partial charge on any atom is -1.00 e. The summed E-state index contributed by atoms with van der Waals surface area (Å²) < 4.78 is -0.0881. The molecule has 72 valence electrons. The number of amides is 2. The molecule has 2 radical (unpaired) electrons. The van der Waals surface area contributed by atoms with Gasteiger partial charge in [-0.2, -0.15) is 0 Å². The SMILES string of the molecule is [CH3][Sn]([CH3])[C](N)=O.[CH3][Sn]([CH3])[C](N)=O.[H-].[Li+]. The van der Waals surface area contributed by atoms with Crippen molar-refractivity contribution < 1.29 is 29.9 Å². The molecule has 7 heteroatoms. The molecule has 0 spiro atoms. The van der Waals surface area contributed by atoms with E-state index in [2.05, 4.69) is 0 Å². The zero-order valence-corrected chi connectivity index (χ0v) is 14.7. The molecule has 0 aromatic carbocycles. The standard InChI is InChI=1S/2CH2NO.4CH3.Li.2Sn.H/c2*2-1-3;;;;;;;;/h2*(H2,2,3);4*1H3;;;;/q;;;;;;+1;;;-1. The van der Waals surface area contributed by atoms with Gasteiger partial charge in [-0.05, 0) is 0 Å². The molecule has 0 bridgehead atoms. The van der Waals surface area contributed by atoms with E-state index in [-0.39, 0.29) is 28.1 Å². The third kappa shape index (κ3) is 19.5. The van der Waals surface area contributed by atoms with Crippen molar-refractivity contribution in [2.75, 3.05) is 0 Å². The van der Waals surface area contributed by atoms with Gasteiger partial charge in [-0.3, -0.25) is 0 Å². The largest absolute Gasteiger partial charge is 1.00 e. The van der Waals surface area contributed by atoms with Crippen LogP contribution in [0.1, 0.15) is 1.43 Å². The summed E-state index contributed by atoms with van der Waals surface area (Å²) in [5.74, 6) is 0. The first-order valence-electron chi connectivity index (χ1n) is 3.49. The van der Waals surface area contributed by atoms with Gasteiger partial charge in [-0.15, -0.1) is 0 Å². The summed E-state index contributed by atoms with van der Waals surface area (Å²) in [6, 6.07) is 0. The first-order valence-corrected chi connectivity index (χ1v) is 17.8. The molecule has 0 fully saturated rings. The number of carbonyl (C=O) groups is 2. The summed E-state index contributed by atoms with van der Waals surface area (Å²) in [6.07, 6.45) is 0. The van der Waals surface area contributed by atoms with Crippen molar-refractivity contribution in [1.82, 2.24) is 0 Å². The van der Waals surface area contributed by atoms with E-state index in [0.29, 0.717) is 0 Å². The Bertz CT molecular complexity index is 152. The first-order chi connectivity index (χ1) is 5.29. The molecule has 13 heavy (non-hydrogen) atoms. The van der Waals surface area contributed by atoms with Crippen molar-refractivity contribution in [2.45, 2.75) is 19.8 Å². The Kier molecular flexibility index (Phi) is 17.0. The maximum atomic E-state index is 10.0. The summed E-state index contributed by atoms with van der Waals surface area (Å²) in [4.78, 5) is 27.9. The van der Waals surface area contributed by atoms with Crippen LogP contribution in [0.2, 0.25) is 19.8 Å². The Balaban J connectivity index is -0.0000000625. The van der Waals surface area contributed by atoms with Crippen molar-refractivity contribution in [2.24, 2.45) is 11.5 Å². The zero-order valence-electron chi connectivity index (χ0n) is 9.97. The fourth-order valence-corrected chi connectivity index (χ4v) is 0. The van der Waals surface area contributed by atoms with Gasteiger partial charge in [0, 0.05) is 0 Å². The summed E-state index contributed by atoms with van der Waals surface area (Å²) in [7, 11) is 0. The number of hydrogen-bond donors (Lipinski definition) is 2. The smallest absolute Gasteiger partial charge is 1.00 e. The van der Waals surface area contributed by atoms with Gasteiger partial charge in [0.05, 0.1) is 0 Å². The Morgan fingerprint density at radius 3 is 1.00 bits per heavy atom. The third-order valence-electron chi connectivity index (χ3n) is 0.986. The van der Waals surface area contributed by atoms with Crippen molar-refractivity contribution in [3.8, 4) is 0 Å². The Morgan fingerprint density at radius 1 is 0.923 bits per heavy atom. The van der Waals surface area contributed by atoms with Crippen molar-refractivity contribution >= 4 is 47.4 Å². The maximum Gasteiger partial charge on any atom is 1.00 e. The Hall–Kier alpha value is 1.13. The number of primary amides is 2. The molecule has 0 saturated heterocycles. The molecule has 4 nitrogen and oxygen atoms in total. The number of nitrogens with two attached hydrogens (primary N) is 2. The van der Waals surface area contributed by atoms with E-state index < -0.39 is 39.5 Å². The second-order valence-electron chi connectivity index (χ2n) is 2.73. The van der Waals surface area contributed by atoms with Gasteiger partial charge in [0.15, 0.2) is 0 Å². The molecular weight excluding hydrogens is 376 g/mol. The molecule has 0 aromatic heterocycles. The van der Waals surface area contributed by atoms with E-state index in [1.165, 1.54) is 0 Å². The molecule has 0 aliphatic heterocycles. The van der Waals surface area contributed by atoms with Crippen LogP contribution in [0.4, 0.5) is 9.59 Å². The fraction of sp³-hybridized carbons (Fsp3) is 0.667. The molecule has 2 amide bonds. The molecule has 0 aliphatic rings. The van der Waals surface area contributed by atoms with Gasteiger partial charge in [-0.25, -0.2) is 0 Å². The van der Waals surface area contributed by atoms with Gasteiger partial charge < -0.3 is 1.43 Å². The number of carbonyl (C=O) groups excluding carboxylic acids is 2. The second kappa shape index (κ2) is 11.2. The van der Waals surface area contributed by atoms with Crippen LogP contribution in [0.15, 0.2) is 0 Å². The van der Waals surface area contributed by atoms with Gasteiger partial charge >= 0.3 is 107 Å².